The standard InChI is InChI=1S/C20H25N3O3.C6H8O7/c1-14(2)19-21-10-15(11-22-19)12-23-7-5-20(24,6-8-23)16-3-4-17-18(9-16)26-13-25-17;7-3(8)1-6(13,5(11)12)2-4(9)10/h3-4,9-11,14,24H,5-8,12-13H2,1-2H3;13H,1-2H2,(H,7,8)(H,9,10)(H,11,12). The molecule has 13 nitrogen and oxygen atoms in total. The van der Waals surface area contributed by atoms with Gasteiger partial charge in [0.05, 0.1) is 18.4 Å². The number of fused-ring (bicyclic) bond motifs is 1. The number of hydrogen-bond donors (Lipinski definition) is 5. The monoisotopic (exact) mass is 547 g/mol. The number of likely N-dealkylation sites (tertiary alicyclic amines) is 1. The van der Waals surface area contributed by atoms with Crippen LogP contribution in [-0.2, 0) is 26.5 Å². The van der Waals surface area contributed by atoms with Crippen molar-refractivity contribution in [3.05, 3.63) is 47.5 Å². The first-order valence-electron chi connectivity index (χ1n) is 12.4. The molecule has 1 aromatic heterocycles. The normalized spacial score (nSPS) is 16.3. The molecule has 0 unspecified atom stereocenters. The molecular weight excluding hydrogens is 514 g/mol. The Hall–Kier alpha value is -3.81. The van der Waals surface area contributed by atoms with Gasteiger partial charge in [0, 0.05) is 43.5 Å². The zero-order valence-corrected chi connectivity index (χ0v) is 21.7. The molecule has 2 aliphatic rings. The molecule has 212 valence electrons. The van der Waals surface area contributed by atoms with Crippen LogP contribution in [0.2, 0.25) is 0 Å². The molecule has 0 aliphatic carbocycles. The van der Waals surface area contributed by atoms with Crippen molar-refractivity contribution in [3.63, 3.8) is 0 Å². The topological polar surface area (TPSA) is 200 Å². The van der Waals surface area contributed by atoms with E-state index in [1.54, 1.807) is 0 Å². The van der Waals surface area contributed by atoms with Crippen molar-refractivity contribution < 1.29 is 49.4 Å². The first-order chi connectivity index (χ1) is 18.3. The van der Waals surface area contributed by atoms with E-state index in [2.05, 4.69) is 28.7 Å². The number of nitrogens with zero attached hydrogens (tertiary/aromatic N) is 3. The van der Waals surface area contributed by atoms with Gasteiger partial charge in [0.1, 0.15) is 5.82 Å². The highest BCUT2D eigenvalue weighted by Gasteiger charge is 2.41. The van der Waals surface area contributed by atoms with Gasteiger partial charge in [0.2, 0.25) is 6.79 Å². The van der Waals surface area contributed by atoms with E-state index in [1.807, 2.05) is 30.6 Å². The number of piperidine rings is 1. The maximum atomic E-state index is 11.1. The summed E-state index contributed by atoms with van der Waals surface area (Å²) in [5.74, 6) is -2.32. The van der Waals surface area contributed by atoms with Gasteiger partial charge in [-0.05, 0) is 30.5 Å². The van der Waals surface area contributed by atoms with Crippen molar-refractivity contribution >= 4 is 17.9 Å². The Kier molecular flexibility index (Phi) is 9.43. The molecule has 0 bridgehead atoms. The lowest BCUT2D eigenvalue weighted by molar-refractivity contribution is -0.170. The molecule has 1 fully saturated rings. The van der Waals surface area contributed by atoms with Crippen molar-refractivity contribution in [2.45, 2.75) is 63.2 Å². The van der Waals surface area contributed by atoms with E-state index in [1.165, 1.54) is 0 Å². The summed E-state index contributed by atoms with van der Waals surface area (Å²) in [4.78, 5) is 41.7. The van der Waals surface area contributed by atoms with Gasteiger partial charge in [0.15, 0.2) is 17.1 Å². The van der Waals surface area contributed by atoms with Crippen LogP contribution < -0.4 is 9.47 Å². The molecule has 2 aliphatic heterocycles. The highest BCUT2D eigenvalue weighted by molar-refractivity contribution is 5.88. The van der Waals surface area contributed by atoms with Crippen LogP contribution in [0.15, 0.2) is 30.6 Å². The van der Waals surface area contributed by atoms with Crippen molar-refractivity contribution in [2.24, 2.45) is 0 Å². The maximum absolute atomic E-state index is 11.1. The number of rotatable bonds is 9. The molecule has 0 amide bonds. The third-order valence-electron chi connectivity index (χ3n) is 6.53. The molecule has 0 saturated carbocycles. The molecule has 0 spiro atoms. The SMILES string of the molecule is CC(C)c1ncc(CN2CCC(O)(c3ccc4c(c3)OCO4)CC2)cn1.O=C(O)CC(O)(CC(=O)O)C(=O)O. The number of carbonyl (C=O) groups is 3. The van der Waals surface area contributed by atoms with Crippen molar-refractivity contribution in [3.8, 4) is 11.5 Å². The van der Waals surface area contributed by atoms with Gasteiger partial charge < -0.3 is 35.0 Å². The van der Waals surface area contributed by atoms with Crippen LogP contribution in [0.4, 0.5) is 0 Å². The summed E-state index contributed by atoms with van der Waals surface area (Å²) in [6.45, 7) is 6.92. The van der Waals surface area contributed by atoms with E-state index in [-0.39, 0.29) is 6.79 Å². The van der Waals surface area contributed by atoms with Crippen LogP contribution in [-0.4, -0.2) is 83.8 Å². The van der Waals surface area contributed by atoms with Crippen LogP contribution in [0.3, 0.4) is 0 Å². The second-order valence-corrected chi connectivity index (χ2v) is 9.96. The van der Waals surface area contributed by atoms with Crippen LogP contribution in [0.5, 0.6) is 11.5 Å². The third kappa shape index (κ3) is 7.85. The van der Waals surface area contributed by atoms with E-state index >= 15 is 0 Å². The summed E-state index contributed by atoms with van der Waals surface area (Å²) < 4.78 is 10.8. The van der Waals surface area contributed by atoms with Gasteiger partial charge in [-0.25, -0.2) is 14.8 Å². The third-order valence-corrected chi connectivity index (χ3v) is 6.53. The van der Waals surface area contributed by atoms with Gasteiger partial charge in [-0.3, -0.25) is 14.5 Å². The summed E-state index contributed by atoms with van der Waals surface area (Å²) in [5, 5.41) is 44.9. The Balaban J connectivity index is 0.000000276. The minimum absolute atomic E-state index is 0.253. The van der Waals surface area contributed by atoms with E-state index in [0.717, 1.165) is 48.1 Å². The minimum atomic E-state index is -2.74. The second kappa shape index (κ2) is 12.4. The average molecular weight is 548 g/mol. The van der Waals surface area contributed by atoms with Crippen molar-refractivity contribution in [1.29, 1.82) is 0 Å². The summed E-state index contributed by atoms with van der Waals surface area (Å²) in [7, 11) is 0. The number of carboxylic acids is 3. The number of carboxylic acid groups (broad SMARTS) is 3. The summed E-state index contributed by atoms with van der Waals surface area (Å²) >= 11 is 0. The van der Waals surface area contributed by atoms with Crippen molar-refractivity contribution in [1.82, 2.24) is 14.9 Å². The van der Waals surface area contributed by atoms with Crippen LogP contribution in [0.1, 0.15) is 62.4 Å². The lowest BCUT2D eigenvalue weighted by atomic mass is 9.84. The predicted molar refractivity (Wildman–Crippen MR) is 134 cm³/mol. The quantitative estimate of drug-likeness (QED) is 0.303. The van der Waals surface area contributed by atoms with E-state index in [0.29, 0.717) is 18.8 Å². The Morgan fingerprint density at radius 2 is 1.56 bits per heavy atom. The Bertz CT molecular complexity index is 1160. The number of aromatic nitrogens is 2. The highest BCUT2D eigenvalue weighted by atomic mass is 16.7. The fourth-order valence-electron chi connectivity index (χ4n) is 4.27. The molecule has 3 heterocycles. The lowest BCUT2D eigenvalue weighted by Gasteiger charge is -2.38. The fourth-order valence-corrected chi connectivity index (χ4v) is 4.27. The molecule has 39 heavy (non-hydrogen) atoms. The zero-order valence-electron chi connectivity index (χ0n) is 21.7. The molecular formula is C26H33N3O10. The molecule has 2 aromatic rings. The Labute approximate surface area is 224 Å². The minimum Gasteiger partial charge on any atom is -0.481 e. The van der Waals surface area contributed by atoms with Crippen molar-refractivity contribution in [2.75, 3.05) is 19.9 Å². The number of ether oxygens (including phenoxy) is 2. The van der Waals surface area contributed by atoms with E-state index < -0.39 is 42.0 Å². The molecule has 5 N–H and O–H groups in total. The smallest absolute Gasteiger partial charge is 0.336 e. The molecule has 1 aromatic carbocycles. The fraction of sp³-hybridized carbons (Fsp3) is 0.500. The molecule has 1 saturated heterocycles. The van der Waals surface area contributed by atoms with Gasteiger partial charge in [-0.15, -0.1) is 0 Å². The summed E-state index contributed by atoms with van der Waals surface area (Å²) in [6.07, 6.45) is 2.93. The Morgan fingerprint density at radius 1 is 1.00 bits per heavy atom. The largest absolute Gasteiger partial charge is 0.481 e. The Morgan fingerprint density at radius 3 is 2.08 bits per heavy atom. The van der Waals surface area contributed by atoms with E-state index in [9.17, 15) is 19.5 Å². The first-order valence-corrected chi connectivity index (χ1v) is 12.4. The lowest BCUT2D eigenvalue weighted by Crippen LogP contribution is -2.42. The van der Waals surface area contributed by atoms with Gasteiger partial charge in [-0.2, -0.15) is 0 Å². The summed E-state index contributed by atoms with van der Waals surface area (Å²) in [5.41, 5.74) is -1.53. The second-order valence-electron chi connectivity index (χ2n) is 9.96. The predicted octanol–water partition coefficient (Wildman–Crippen LogP) is 1.56. The first kappa shape index (κ1) is 29.7. The number of benzene rings is 1. The number of aliphatic carboxylic acids is 3. The van der Waals surface area contributed by atoms with Crippen LogP contribution >= 0.6 is 0 Å². The molecule has 4 rings (SSSR count). The zero-order chi connectivity index (χ0) is 28.8. The maximum Gasteiger partial charge on any atom is 0.336 e. The van der Waals surface area contributed by atoms with E-state index in [4.69, 9.17) is 29.9 Å². The number of aliphatic hydroxyl groups is 2. The highest BCUT2D eigenvalue weighted by Crippen LogP contribution is 2.39. The van der Waals surface area contributed by atoms with Gasteiger partial charge in [-0.1, -0.05) is 19.9 Å². The molecule has 13 heteroatoms. The molecule has 0 radical (unpaired) electrons. The molecule has 0 atom stereocenters. The van der Waals surface area contributed by atoms with Gasteiger partial charge >= 0.3 is 17.9 Å². The van der Waals surface area contributed by atoms with Crippen LogP contribution in [0, 0.1) is 0 Å². The van der Waals surface area contributed by atoms with Gasteiger partial charge in [0.25, 0.3) is 0 Å². The van der Waals surface area contributed by atoms with Crippen LogP contribution in [0.25, 0.3) is 0 Å². The number of hydrogen-bond acceptors (Lipinski definition) is 10. The average Bonchev–Trinajstić information content (AvgIpc) is 3.33. The summed E-state index contributed by atoms with van der Waals surface area (Å²) in [6, 6.07) is 5.74.